The van der Waals surface area contributed by atoms with Crippen LogP contribution in [0.1, 0.15) is 33.1 Å². The number of carbonyl (C=O) groups excluding carboxylic acids is 2. The molecule has 7 nitrogen and oxygen atoms in total. The maximum Gasteiger partial charge on any atom is 0.412 e. The number of halogens is 7. The fourth-order valence-corrected chi connectivity index (χ4v) is 5.55. The average Bonchev–Trinajstić information content (AvgIpc) is 3.06. The summed E-state index contributed by atoms with van der Waals surface area (Å²) in [5, 5.41) is 14.3. The third kappa shape index (κ3) is 7.60. The minimum atomic E-state index is -4.94. The molecule has 0 saturated heterocycles. The SMILES string of the molecule is COC(=O)[C@H](Cc1ccc(-c2ccc(C#N)cc2Cl)c2ncccc12)NC(=O)c1c(F)cc(N[C@H](c2ccc(F)cc2)C(F)(F)F)cc1F. The normalized spacial score (nSPS) is 12.6. The summed E-state index contributed by atoms with van der Waals surface area (Å²) >= 11 is 6.44. The van der Waals surface area contributed by atoms with Gasteiger partial charge in [-0.3, -0.25) is 9.78 Å². The van der Waals surface area contributed by atoms with Crippen LogP contribution in [0.2, 0.25) is 5.02 Å². The van der Waals surface area contributed by atoms with E-state index in [1.54, 1.807) is 36.4 Å². The second-order valence-corrected chi connectivity index (χ2v) is 11.1. The molecular weight excluding hydrogens is 674 g/mol. The van der Waals surface area contributed by atoms with Gasteiger partial charge in [-0.2, -0.15) is 18.4 Å². The molecule has 1 amide bonds. The van der Waals surface area contributed by atoms with Gasteiger partial charge in [-0.05, 0) is 53.6 Å². The van der Waals surface area contributed by atoms with Gasteiger partial charge in [0.1, 0.15) is 35.1 Å². The van der Waals surface area contributed by atoms with Crippen molar-refractivity contribution in [2.75, 3.05) is 12.4 Å². The van der Waals surface area contributed by atoms with Crippen molar-refractivity contribution in [1.29, 1.82) is 5.26 Å². The fraction of sp³-hybridized carbons (Fsp3) is 0.143. The molecule has 0 spiro atoms. The van der Waals surface area contributed by atoms with Gasteiger partial charge in [-0.15, -0.1) is 0 Å². The van der Waals surface area contributed by atoms with Crippen LogP contribution in [0.4, 0.5) is 32.0 Å². The Bertz CT molecular complexity index is 2080. The van der Waals surface area contributed by atoms with Crippen molar-refractivity contribution in [1.82, 2.24) is 10.3 Å². The van der Waals surface area contributed by atoms with E-state index in [9.17, 15) is 32.4 Å². The molecule has 49 heavy (non-hydrogen) atoms. The number of methoxy groups -OCH3 is 1. The standard InChI is InChI=1S/C35H23ClF6N4O3/c1-49-34(48)29(14-20-7-11-25(31-23(20)3-2-12-44-31)24-10-4-18(17-43)13-26(24)36)46-33(47)30-27(38)15-22(16-28(30)39)45-32(35(40,41)42)19-5-8-21(37)9-6-19/h2-13,15-16,29,32,45H,14H2,1H3,(H,46,47)/t29-,32+/m0/s1. The molecule has 1 heterocycles. The zero-order chi connectivity index (χ0) is 35.5. The van der Waals surface area contributed by atoms with Crippen LogP contribution < -0.4 is 10.6 Å². The molecule has 5 rings (SSSR count). The van der Waals surface area contributed by atoms with Crippen molar-refractivity contribution >= 4 is 40.1 Å². The molecule has 0 bridgehead atoms. The Morgan fingerprint density at radius 1 is 0.959 bits per heavy atom. The lowest BCUT2D eigenvalue weighted by molar-refractivity contribution is -0.144. The van der Waals surface area contributed by atoms with E-state index in [2.05, 4.69) is 10.3 Å². The first kappa shape index (κ1) is 34.7. The fourth-order valence-electron chi connectivity index (χ4n) is 5.27. The Labute approximate surface area is 280 Å². The lowest BCUT2D eigenvalue weighted by atomic mass is 9.94. The van der Waals surface area contributed by atoms with Crippen LogP contribution in [-0.2, 0) is 16.0 Å². The molecule has 4 aromatic carbocycles. The highest BCUT2D eigenvalue weighted by molar-refractivity contribution is 6.33. The number of benzene rings is 4. The summed E-state index contributed by atoms with van der Waals surface area (Å²) < 4.78 is 89.9. The highest BCUT2D eigenvalue weighted by Gasteiger charge is 2.41. The number of nitrogens with one attached hydrogen (secondary N) is 2. The van der Waals surface area contributed by atoms with E-state index in [1.807, 2.05) is 11.4 Å². The van der Waals surface area contributed by atoms with Crippen LogP contribution in [0.25, 0.3) is 22.0 Å². The maximum atomic E-state index is 15.2. The summed E-state index contributed by atoms with van der Waals surface area (Å²) in [7, 11) is 1.05. The summed E-state index contributed by atoms with van der Waals surface area (Å²) in [6.07, 6.45) is -3.62. The number of anilines is 1. The molecule has 2 atom stereocenters. The van der Waals surface area contributed by atoms with Crippen molar-refractivity contribution in [3.8, 4) is 17.2 Å². The summed E-state index contributed by atoms with van der Waals surface area (Å²) in [6, 6.07) is 13.9. The number of carbonyl (C=O) groups is 2. The first-order valence-electron chi connectivity index (χ1n) is 14.3. The predicted molar refractivity (Wildman–Crippen MR) is 169 cm³/mol. The number of nitrogens with zero attached hydrogens (tertiary/aromatic N) is 2. The third-order valence-corrected chi connectivity index (χ3v) is 7.89. The van der Waals surface area contributed by atoms with Crippen LogP contribution in [-0.4, -0.2) is 36.2 Å². The van der Waals surface area contributed by atoms with E-state index in [1.165, 1.54) is 12.3 Å². The first-order chi connectivity index (χ1) is 23.3. The Hall–Kier alpha value is -5.61. The van der Waals surface area contributed by atoms with Crippen LogP contribution in [0, 0.1) is 28.8 Å². The summed E-state index contributed by atoms with van der Waals surface area (Å²) in [5.74, 6) is -6.12. The van der Waals surface area contributed by atoms with Gasteiger partial charge in [-0.25, -0.2) is 18.0 Å². The Kier molecular flexibility index (Phi) is 10.1. The second kappa shape index (κ2) is 14.2. The topological polar surface area (TPSA) is 104 Å². The van der Waals surface area contributed by atoms with Crippen LogP contribution in [0.3, 0.4) is 0 Å². The van der Waals surface area contributed by atoms with Gasteiger partial charge in [0, 0.05) is 39.8 Å². The molecule has 0 aliphatic carbocycles. The summed E-state index contributed by atoms with van der Waals surface area (Å²) in [6.45, 7) is 0. The van der Waals surface area contributed by atoms with Crippen LogP contribution in [0.5, 0.6) is 0 Å². The quantitative estimate of drug-likeness (QED) is 0.119. The molecule has 0 aliphatic rings. The lowest BCUT2D eigenvalue weighted by Crippen LogP contribution is -2.43. The van der Waals surface area contributed by atoms with E-state index in [-0.39, 0.29) is 6.42 Å². The van der Waals surface area contributed by atoms with E-state index >= 15 is 8.78 Å². The molecule has 250 valence electrons. The van der Waals surface area contributed by atoms with Gasteiger partial charge in [0.05, 0.1) is 24.3 Å². The van der Waals surface area contributed by atoms with Gasteiger partial charge in [0.2, 0.25) is 0 Å². The molecular formula is C35H23ClF6N4O3. The van der Waals surface area contributed by atoms with Crippen molar-refractivity contribution in [3.05, 3.63) is 130 Å². The number of nitriles is 1. The molecule has 5 aromatic rings. The minimum Gasteiger partial charge on any atom is -0.467 e. The predicted octanol–water partition coefficient (Wildman–Crippen LogP) is 8.07. The summed E-state index contributed by atoms with van der Waals surface area (Å²) in [4.78, 5) is 30.4. The smallest absolute Gasteiger partial charge is 0.412 e. The largest absolute Gasteiger partial charge is 0.467 e. The minimum absolute atomic E-state index is 0.213. The monoisotopic (exact) mass is 696 g/mol. The summed E-state index contributed by atoms with van der Waals surface area (Å²) in [5.41, 5.74) is 0.286. The number of fused-ring (bicyclic) bond motifs is 1. The molecule has 1 aromatic heterocycles. The third-order valence-electron chi connectivity index (χ3n) is 7.57. The van der Waals surface area contributed by atoms with E-state index in [0.29, 0.717) is 50.3 Å². The van der Waals surface area contributed by atoms with E-state index < -0.39 is 64.4 Å². The Morgan fingerprint density at radius 2 is 1.63 bits per heavy atom. The maximum absolute atomic E-state index is 15.2. The number of hydrogen-bond acceptors (Lipinski definition) is 6. The second-order valence-electron chi connectivity index (χ2n) is 10.7. The first-order valence-corrected chi connectivity index (χ1v) is 14.7. The molecule has 0 unspecified atom stereocenters. The van der Waals surface area contributed by atoms with Crippen LogP contribution in [0.15, 0.2) is 85.1 Å². The van der Waals surface area contributed by atoms with Gasteiger partial charge in [0.25, 0.3) is 5.91 Å². The van der Waals surface area contributed by atoms with Crippen molar-refractivity contribution in [3.63, 3.8) is 0 Å². The highest BCUT2D eigenvalue weighted by Crippen LogP contribution is 2.37. The van der Waals surface area contributed by atoms with E-state index in [0.717, 1.165) is 31.4 Å². The Morgan fingerprint density at radius 3 is 2.24 bits per heavy atom. The number of aromatic nitrogens is 1. The number of alkyl halides is 3. The van der Waals surface area contributed by atoms with Crippen molar-refractivity contribution in [2.24, 2.45) is 0 Å². The molecule has 0 radical (unpaired) electrons. The Balaban J connectivity index is 1.42. The van der Waals surface area contributed by atoms with Gasteiger partial charge in [0.15, 0.2) is 0 Å². The number of hydrogen-bond donors (Lipinski definition) is 2. The highest BCUT2D eigenvalue weighted by atomic mass is 35.5. The number of amides is 1. The molecule has 0 fully saturated rings. The molecule has 2 N–H and O–H groups in total. The van der Waals surface area contributed by atoms with Crippen LogP contribution >= 0.6 is 11.6 Å². The molecule has 14 heteroatoms. The molecule has 0 aliphatic heterocycles. The number of ether oxygens (including phenoxy) is 1. The zero-order valence-corrected chi connectivity index (χ0v) is 26.0. The van der Waals surface area contributed by atoms with Gasteiger partial charge in [-0.1, -0.05) is 48.0 Å². The van der Waals surface area contributed by atoms with Crippen molar-refractivity contribution in [2.45, 2.75) is 24.7 Å². The molecule has 0 saturated carbocycles. The zero-order valence-electron chi connectivity index (χ0n) is 25.2. The number of esters is 1. The lowest BCUT2D eigenvalue weighted by Gasteiger charge is -2.23. The number of pyridine rings is 1. The van der Waals surface area contributed by atoms with Crippen molar-refractivity contribution < 1.29 is 40.7 Å². The van der Waals surface area contributed by atoms with Gasteiger partial charge < -0.3 is 15.4 Å². The van der Waals surface area contributed by atoms with E-state index in [4.69, 9.17) is 16.3 Å². The van der Waals surface area contributed by atoms with Gasteiger partial charge >= 0.3 is 12.1 Å². The number of rotatable bonds is 9. The average molecular weight is 697 g/mol.